The second-order valence-corrected chi connectivity index (χ2v) is 8.31. The molecule has 154 valence electrons. The number of benzene rings is 2. The number of piperidine rings is 1. The zero-order valence-electron chi connectivity index (χ0n) is 16.7. The van der Waals surface area contributed by atoms with Crippen molar-refractivity contribution in [2.24, 2.45) is 11.1 Å². The van der Waals surface area contributed by atoms with E-state index in [0.717, 1.165) is 11.1 Å². The monoisotopic (exact) mass is 414 g/mol. The van der Waals surface area contributed by atoms with E-state index in [9.17, 15) is 9.59 Å². The summed E-state index contributed by atoms with van der Waals surface area (Å²) in [7, 11) is 0. The van der Waals surface area contributed by atoms with Crippen molar-refractivity contribution in [2.45, 2.75) is 32.6 Å². The number of carbonyl (C=O) groups excluding carboxylic acids is 2. The fraction of sp³-hybridized carbons (Fsp3) is 0.391. The number of hydrogen-bond acceptors (Lipinski definition) is 3. The predicted octanol–water partition coefficient (Wildman–Crippen LogP) is 3.75. The summed E-state index contributed by atoms with van der Waals surface area (Å²) >= 11 is 5.92. The highest BCUT2D eigenvalue weighted by molar-refractivity contribution is 6.30. The summed E-state index contributed by atoms with van der Waals surface area (Å²) in [4.78, 5) is 26.3. The highest BCUT2D eigenvalue weighted by Crippen LogP contribution is 2.36. The van der Waals surface area contributed by atoms with Crippen LogP contribution in [0.1, 0.15) is 30.4 Å². The Morgan fingerprint density at radius 1 is 1.10 bits per heavy atom. The van der Waals surface area contributed by atoms with Crippen LogP contribution in [0.4, 0.5) is 0 Å². The van der Waals surface area contributed by atoms with Gasteiger partial charge in [0, 0.05) is 29.9 Å². The third kappa shape index (κ3) is 5.73. The van der Waals surface area contributed by atoms with Crippen LogP contribution >= 0.6 is 11.6 Å². The van der Waals surface area contributed by atoms with Crippen molar-refractivity contribution < 1.29 is 14.3 Å². The van der Waals surface area contributed by atoms with Gasteiger partial charge in [-0.1, -0.05) is 35.9 Å². The number of nitrogens with two attached hydrogens (primary N) is 1. The molecule has 2 aromatic rings. The molecule has 1 aliphatic rings. The average Bonchev–Trinajstić information content (AvgIpc) is 2.69. The van der Waals surface area contributed by atoms with Crippen molar-refractivity contribution in [3.05, 3.63) is 64.7 Å². The predicted molar refractivity (Wildman–Crippen MR) is 114 cm³/mol. The van der Waals surface area contributed by atoms with Gasteiger partial charge in [0.05, 0.1) is 13.0 Å². The van der Waals surface area contributed by atoms with Crippen molar-refractivity contribution in [3.8, 4) is 5.75 Å². The van der Waals surface area contributed by atoms with Gasteiger partial charge in [-0.25, -0.2) is 0 Å². The van der Waals surface area contributed by atoms with Gasteiger partial charge < -0.3 is 15.4 Å². The first-order valence-corrected chi connectivity index (χ1v) is 10.2. The van der Waals surface area contributed by atoms with Crippen LogP contribution in [0.2, 0.25) is 5.02 Å². The summed E-state index contributed by atoms with van der Waals surface area (Å²) < 4.78 is 5.94. The maximum atomic E-state index is 12.8. The van der Waals surface area contributed by atoms with Crippen molar-refractivity contribution in [3.63, 3.8) is 0 Å². The lowest BCUT2D eigenvalue weighted by molar-refractivity contribution is -0.133. The molecule has 3 rings (SSSR count). The van der Waals surface area contributed by atoms with Gasteiger partial charge in [-0.2, -0.15) is 0 Å². The van der Waals surface area contributed by atoms with Crippen LogP contribution in [0.5, 0.6) is 5.75 Å². The fourth-order valence-electron chi connectivity index (χ4n) is 3.82. The molecule has 2 amide bonds. The molecular weight excluding hydrogens is 388 g/mol. The zero-order chi connectivity index (χ0) is 20.9. The number of hydrogen-bond donors (Lipinski definition) is 1. The quantitative estimate of drug-likeness (QED) is 0.749. The maximum Gasteiger partial charge on any atom is 0.226 e. The molecule has 1 fully saturated rings. The van der Waals surface area contributed by atoms with Gasteiger partial charge in [0.2, 0.25) is 11.8 Å². The third-order valence-corrected chi connectivity index (χ3v) is 5.94. The minimum atomic E-state index is -0.356. The molecule has 0 aromatic heterocycles. The summed E-state index contributed by atoms with van der Waals surface area (Å²) in [5.41, 5.74) is 7.34. The Kier molecular flexibility index (Phi) is 6.80. The smallest absolute Gasteiger partial charge is 0.226 e. The Labute approximate surface area is 176 Å². The largest absolute Gasteiger partial charge is 0.493 e. The molecule has 5 nitrogen and oxygen atoms in total. The van der Waals surface area contributed by atoms with E-state index in [2.05, 4.69) is 0 Å². The van der Waals surface area contributed by atoms with Gasteiger partial charge in [-0.05, 0) is 55.2 Å². The number of amides is 2. The molecule has 0 atom stereocenters. The summed E-state index contributed by atoms with van der Waals surface area (Å²) in [5, 5.41) is 0.643. The van der Waals surface area contributed by atoms with E-state index in [1.54, 1.807) is 24.3 Å². The number of aryl methyl sites for hydroxylation is 1. The summed E-state index contributed by atoms with van der Waals surface area (Å²) in [6, 6.07) is 15.1. The Morgan fingerprint density at radius 2 is 1.76 bits per heavy atom. The highest BCUT2D eigenvalue weighted by Gasteiger charge is 2.38. The molecule has 29 heavy (non-hydrogen) atoms. The van der Waals surface area contributed by atoms with Crippen LogP contribution in [0, 0.1) is 12.3 Å². The van der Waals surface area contributed by atoms with Gasteiger partial charge >= 0.3 is 0 Å². The molecule has 0 saturated carbocycles. The molecule has 6 heteroatoms. The minimum Gasteiger partial charge on any atom is -0.493 e. The number of nitrogens with zero attached hydrogens (tertiary/aromatic N) is 1. The summed E-state index contributed by atoms with van der Waals surface area (Å²) in [5.74, 6) is 0.478. The standard InChI is InChI=1S/C23H27ClN2O3/c1-17-4-2-3-5-18(17)14-22(28)26-12-10-23(11-13-26,15-21(25)27)16-29-20-8-6-19(24)7-9-20/h2-9H,10-16H2,1H3,(H2,25,27). The number of halogens is 1. The first kappa shape index (κ1) is 21.2. The maximum absolute atomic E-state index is 12.8. The van der Waals surface area contributed by atoms with Crippen LogP contribution in [-0.2, 0) is 16.0 Å². The number of primary amides is 1. The van der Waals surface area contributed by atoms with E-state index < -0.39 is 0 Å². The van der Waals surface area contributed by atoms with Gasteiger partial charge in [-0.15, -0.1) is 0 Å². The van der Waals surface area contributed by atoms with E-state index in [0.29, 0.717) is 49.7 Å². The average molecular weight is 415 g/mol. The molecule has 0 unspecified atom stereocenters. The lowest BCUT2D eigenvalue weighted by atomic mass is 9.76. The number of ether oxygens (including phenoxy) is 1. The van der Waals surface area contributed by atoms with Gasteiger partial charge in [-0.3, -0.25) is 9.59 Å². The lowest BCUT2D eigenvalue weighted by Crippen LogP contribution is -2.47. The first-order valence-electron chi connectivity index (χ1n) is 9.86. The Bertz CT molecular complexity index is 859. The molecular formula is C23H27ClN2O3. The fourth-order valence-corrected chi connectivity index (χ4v) is 3.95. The molecule has 2 N–H and O–H groups in total. The van der Waals surface area contributed by atoms with Crippen LogP contribution in [0.3, 0.4) is 0 Å². The molecule has 1 heterocycles. The van der Waals surface area contributed by atoms with E-state index >= 15 is 0 Å². The van der Waals surface area contributed by atoms with Crippen LogP contribution in [0.15, 0.2) is 48.5 Å². The second-order valence-electron chi connectivity index (χ2n) is 7.87. The molecule has 1 saturated heterocycles. The topological polar surface area (TPSA) is 72.6 Å². The molecule has 0 spiro atoms. The van der Waals surface area contributed by atoms with E-state index in [4.69, 9.17) is 22.1 Å². The molecule has 1 aliphatic heterocycles. The van der Waals surface area contributed by atoms with E-state index in [-0.39, 0.29) is 23.7 Å². The second kappa shape index (κ2) is 9.31. The van der Waals surface area contributed by atoms with E-state index in [1.807, 2.05) is 36.1 Å². The first-order chi connectivity index (χ1) is 13.9. The summed E-state index contributed by atoms with van der Waals surface area (Å²) in [6.07, 6.45) is 2.02. The Balaban J connectivity index is 1.61. The molecule has 0 radical (unpaired) electrons. The van der Waals surface area contributed by atoms with E-state index in [1.165, 1.54) is 0 Å². The van der Waals surface area contributed by atoms with Gasteiger partial charge in [0.25, 0.3) is 0 Å². The Hall–Kier alpha value is -2.53. The highest BCUT2D eigenvalue weighted by atomic mass is 35.5. The lowest BCUT2D eigenvalue weighted by Gasteiger charge is -2.41. The van der Waals surface area contributed by atoms with Crippen molar-refractivity contribution >= 4 is 23.4 Å². The molecule has 2 aromatic carbocycles. The normalized spacial score (nSPS) is 15.7. The number of carbonyl (C=O) groups is 2. The van der Waals surface area contributed by atoms with Crippen molar-refractivity contribution in [1.82, 2.24) is 4.90 Å². The molecule has 0 aliphatic carbocycles. The van der Waals surface area contributed by atoms with Gasteiger partial charge in [0.1, 0.15) is 5.75 Å². The zero-order valence-corrected chi connectivity index (χ0v) is 17.5. The molecule has 0 bridgehead atoms. The van der Waals surface area contributed by atoms with Crippen LogP contribution in [0.25, 0.3) is 0 Å². The van der Waals surface area contributed by atoms with Crippen LogP contribution < -0.4 is 10.5 Å². The summed E-state index contributed by atoms with van der Waals surface area (Å²) in [6.45, 7) is 3.60. The van der Waals surface area contributed by atoms with Crippen molar-refractivity contribution in [2.75, 3.05) is 19.7 Å². The SMILES string of the molecule is Cc1ccccc1CC(=O)N1CCC(COc2ccc(Cl)cc2)(CC(N)=O)CC1. The van der Waals surface area contributed by atoms with Crippen LogP contribution in [-0.4, -0.2) is 36.4 Å². The Morgan fingerprint density at radius 3 is 2.38 bits per heavy atom. The number of rotatable bonds is 7. The number of likely N-dealkylation sites (tertiary alicyclic amines) is 1. The minimum absolute atomic E-state index is 0.116. The van der Waals surface area contributed by atoms with Gasteiger partial charge in [0.15, 0.2) is 0 Å². The third-order valence-electron chi connectivity index (χ3n) is 5.69. The van der Waals surface area contributed by atoms with Crippen molar-refractivity contribution in [1.29, 1.82) is 0 Å².